The van der Waals surface area contributed by atoms with Crippen molar-refractivity contribution in [2.75, 3.05) is 31.9 Å². The molecule has 2 heterocycles. The number of nitrogens with one attached hydrogen (secondary N) is 1. The second kappa shape index (κ2) is 8.24. The quantitative estimate of drug-likeness (QED) is 0.771. The molecule has 2 aliphatic heterocycles. The van der Waals surface area contributed by atoms with E-state index in [2.05, 4.69) is 20.7 Å². The van der Waals surface area contributed by atoms with Crippen LogP contribution in [0.4, 0.5) is 5.69 Å². The summed E-state index contributed by atoms with van der Waals surface area (Å²) in [6.45, 7) is 3.74. The fourth-order valence-electron chi connectivity index (χ4n) is 2.51. The molecule has 0 atom stereocenters. The van der Waals surface area contributed by atoms with E-state index in [9.17, 15) is 8.42 Å². The molecule has 0 aliphatic carbocycles. The summed E-state index contributed by atoms with van der Waals surface area (Å²) in [5, 5.41) is 0.425. The summed E-state index contributed by atoms with van der Waals surface area (Å²) in [4.78, 5) is 7.94. The molecule has 24 heavy (non-hydrogen) atoms. The molecule has 132 valence electrons. The third-order valence-corrected chi connectivity index (χ3v) is 6.26. The highest BCUT2D eigenvalue weighted by Crippen LogP contribution is 2.25. The number of nitrogens with two attached hydrogens (primary N) is 1. The van der Waals surface area contributed by atoms with Crippen LogP contribution in [0.3, 0.4) is 0 Å². The molecule has 0 saturated carbocycles. The number of rotatable bonds is 4. The number of amidine groups is 1. The molecule has 0 radical (unpaired) electrons. The van der Waals surface area contributed by atoms with Gasteiger partial charge in [0.1, 0.15) is 0 Å². The van der Waals surface area contributed by atoms with Crippen LogP contribution in [0.25, 0.3) is 0 Å². The van der Waals surface area contributed by atoms with E-state index >= 15 is 0 Å². The van der Waals surface area contributed by atoms with E-state index in [1.807, 2.05) is 0 Å². The summed E-state index contributed by atoms with van der Waals surface area (Å²) >= 11 is 1.39. The second-order valence-corrected chi connectivity index (χ2v) is 8.37. The Labute approximate surface area is 153 Å². The van der Waals surface area contributed by atoms with Crippen molar-refractivity contribution in [2.24, 2.45) is 4.99 Å². The van der Waals surface area contributed by atoms with Crippen LogP contribution >= 0.6 is 24.2 Å². The van der Waals surface area contributed by atoms with Crippen molar-refractivity contribution >= 4 is 45.0 Å². The maximum Gasteiger partial charge on any atom is 0.263 e. The Morgan fingerprint density at radius 1 is 1.25 bits per heavy atom. The van der Waals surface area contributed by atoms with E-state index in [4.69, 9.17) is 5.73 Å². The topological polar surface area (TPSA) is 87.8 Å². The van der Waals surface area contributed by atoms with Gasteiger partial charge in [0.2, 0.25) is 0 Å². The van der Waals surface area contributed by atoms with Gasteiger partial charge in [0, 0.05) is 17.1 Å². The molecule has 9 heteroatoms. The van der Waals surface area contributed by atoms with Crippen molar-refractivity contribution < 1.29 is 8.42 Å². The standard InChI is InChI=1S/C15H20N4O2S2.ClH/c16-12-3-5-14(6-4-12)23(20,21)18-15-17-11-13(22-15)7-10-19-8-1-2-9-19;/h3-7H,1-2,8-11,16H2,(H,17,18);1H/b13-7+;. The van der Waals surface area contributed by atoms with E-state index in [-0.39, 0.29) is 17.3 Å². The number of nitrogen functional groups attached to an aromatic ring is 1. The molecular formula is C15H21ClN4O2S2. The number of aliphatic imine (C=N–C) groups is 1. The van der Waals surface area contributed by atoms with Crippen LogP contribution in [0, 0.1) is 0 Å². The zero-order chi connectivity index (χ0) is 16.3. The summed E-state index contributed by atoms with van der Waals surface area (Å²) in [5.41, 5.74) is 6.11. The number of anilines is 1. The molecule has 1 aromatic rings. The van der Waals surface area contributed by atoms with Gasteiger partial charge in [-0.15, -0.1) is 12.4 Å². The molecule has 1 saturated heterocycles. The van der Waals surface area contributed by atoms with Crippen LogP contribution in [-0.2, 0) is 10.0 Å². The highest BCUT2D eigenvalue weighted by Gasteiger charge is 2.21. The van der Waals surface area contributed by atoms with Crippen LogP contribution in [-0.4, -0.2) is 44.7 Å². The Bertz CT molecular complexity index is 726. The molecule has 3 rings (SSSR count). The van der Waals surface area contributed by atoms with E-state index in [0.29, 0.717) is 17.4 Å². The maximum atomic E-state index is 12.3. The van der Waals surface area contributed by atoms with Gasteiger partial charge in [0.15, 0.2) is 5.17 Å². The molecule has 3 N–H and O–H groups in total. The van der Waals surface area contributed by atoms with Crippen LogP contribution < -0.4 is 10.5 Å². The monoisotopic (exact) mass is 388 g/mol. The Kier molecular flexibility index (Phi) is 6.56. The van der Waals surface area contributed by atoms with E-state index in [1.165, 1.54) is 36.7 Å². The number of thioether (sulfide) groups is 1. The highest BCUT2D eigenvalue weighted by atomic mass is 35.5. The van der Waals surface area contributed by atoms with Gasteiger partial charge in [0.25, 0.3) is 10.0 Å². The third-order valence-electron chi connectivity index (χ3n) is 3.79. The van der Waals surface area contributed by atoms with E-state index in [1.54, 1.807) is 12.1 Å². The molecular weight excluding hydrogens is 368 g/mol. The first kappa shape index (κ1) is 19.1. The van der Waals surface area contributed by atoms with Crippen molar-refractivity contribution in [1.29, 1.82) is 0 Å². The minimum atomic E-state index is -3.61. The lowest BCUT2D eigenvalue weighted by molar-refractivity contribution is 0.377. The van der Waals surface area contributed by atoms with Crippen molar-refractivity contribution in [3.63, 3.8) is 0 Å². The Balaban J connectivity index is 0.00000208. The van der Waals surface area contributed by atoms with Crippen LogP contribution in [0.15, 0.2) is 45.1 Å². The molecule has 0 aromatic heterocycles. The van der Waals surface area contributed by atoms with Gasteiger partial charge in [-0.05, 0) is 50.2 Å². The van der Waals surface area contributed by atoms with Crippen molar-refractivity contribution in [2.45, 2.75) is 17.7 Å². The van der Waals surface area contributed by atoms with Gasteiger partial charge in [-0.3, -0.25) is 14.6 Å². The van der Waals surface area contributed by atoms with Crippen molar-refractivity contribution in [3.05, 3.63) is 35.2 Å². The third kappa shape index (κ3) is 4.89. The summed E-state index contributed by atoms with van der Waals surface area (Å²) in [5.74, 6) is 0. The molecule has 0 bridgehead atoms. The molecule has 1 fully saturated rings. The Hall–Kier alpha value is -1.22. The van der Waals surface area contributed by atoms with Gasteiger partial charge in [-0.25, -0.2) is 8.42 Å². The van der Waals surface area contributed by atoms with Gasteiger partial charge in [-0.2, -0.15) is 0 Å². The zero-order valence-electron chi connectivity index (χ0n) is 13.1. The molecule has 2 aliphatic rings. The first-order chi connectivity index (χ1) is 11.0. The van der Waals surface area contributed by atoms with Crippen LogP contribution in [0.1, 0.15) is 12.8 Å². The second-order valence-electron chi connectivity index (χ2n) is 5.58. The fourth-order valence-corrected chi connectivity index (χ4v) is 4.58. The maximum absolute atomic E-state index is 12.3. The van der Waals surface area contributed by atoms with Crippen LogP contribution in [0.2, 0.25) is 0 Å². The summed E-state index contributed by atoms with van der Waals surface area (Å²) < 4.78 is 27.1. The van der Waals surface area contributed by atoms with Gasteiger partial charge in [-0.1, -0.05) is 17.8 Å². The lowest BCUT2D eigenvalue weighted by atomic mass is 10.3. The molecule has 0 unspecified atom stereocenters. The van der Waals surface area contributed by atoms with Gasteiger partial charge < -0.3 is 5.73 Å². The summed E-state index contributed by atoms with van der Waals surface area (Å²) in [6.07, 6.45) is 4.67. The molecule has 6 nitrogen and oxygen atoms in total. The summed E-state index contributed by atoms with van der Waals surface area (Å²) in [7, 11) is -3.61. The van der Waals surface area contributed by atoms with Crippen LogP contribution in [0.5, 0.6) is 0 Å². The zero-order valence-corrected chi connectivity index (χ0v) is 15.6. The van der Waals surface area contributed by atoms with E-state index in [0.717, 1.165) is 24.5 Å². The largest absolute Gasteiger partial charge is 0.399 e. The average molecular weight is 389 g/mol. The van der Waals surface area contributed by atoms with Crippen molar-refractivity contribution in [3.8, 4) is 0 Å². The number of likely N-dealkylation sites (tertiary alicyclic amines) is 1. The number of hydrogen-bond acceptors (Lipinski definition) is 6. The smallest absolute Gasteiger partial charge is 0.263 e. The first-order valence-electron chi connectivity index (χ1n) is 7.55. The molecule has 1 aromatic carbocycles. The minimum Gasteiger partial charge on any atom is -0.399 e. The number of nitrogens with zero attached hydrogens (tertiary/aromatic N) is 2. The number of hydrogen-bond donors (Lipinski definition) is 2. The number of halogens is 1. The normalized spacial score (nSPS) is 20.0. The van der Waals surface area contributed by atoms with Crippen molar-refractivity contribution in [1.82, 2.24) is 9.62 Å². The summed E-state index contributed by atoms with van der Waals surface area (Å²) in [6, 6.07) is 6.11. The van der Waals surface area contributed by atoms with E-state index < -0.39 is 10.0 Å². The number of benzene rings is 1. The lowest BCUT2D eigenvalue weighted by Crippen LogP contribution is -2.27. The fraction of sp³-hybridized carbons (Fsp3) is 0.400. The molecule has 0 amide bonds. The first-order valence-corrected chi connectivity index (χ1v) is 9.85. The van der Waals surface area contributed by atoms with Gasteiger partial charge in [0.05, 0.1) is 11.4 Å². The van der Waals surface area contributed by atoms with Gasteiger partial charge >= 0.3 is 0 Å². The average Bonchev–Trinajstić information content (AvgIpc) is 3.16. The highest BCUT2D eigenvalue weighted by molar-refractivity contribution is 8.18. The lowest BCUT2D eigenvalue weighted by Gasteiger charge is -2.11. The minimum absolute atomic E-state index is 0. The SMILES string of the molecule is Cl.Nc1ccc(S(=O)(=O)NC2=NC/C(=C\CN3CCCC3)S2)cc1. The predicted molar refractivity (Wildman–Crippen MR) is 102 cm³/mol. The predicted octanol–water partition coefficient (Wildman–Crippen LogP) is 2.05. The Morgan fingerprint density at radius 2 is 1.92 bits per heavy atom. The number of sulfonamides is 1. The Morgan fingerprint density at radius 3 is 2.58 bits per heavy atom. The molecule has 0 spiro atoms.